The average molecular weight is 198 g/mol. The summed E-state index contributed by atoms with van der Waals surface area (Å²) in [5, 5.41) is 8.38. The smallest absolute Gasteiger partial charge is 0.335 e. The first-order valence-corrected chi connectivity index (χ1v) is 4.38. The molecule has 0 heterocycles. The van der Waals surface area contributed by atoms with Crippen molar-refractivity contribution >= 4 is 5.97 Å². The molecule has 0 aliphatic rings. The molecular formula is C10H18N2O2. The van der Waals surface area contributed by atoms with Crippen LogP contribution >= 0.6 is 0 Å². The lowest BCUT2D eigenvalue weighted by atomic mass is 10.2. The molecule has 0 aliphatic carbocycles. The first-order chi connectivity index (χ1) is 6.72. The normalized spacial score (nSPS) is 7.43. The van der Waals surface area contributed by atoms with E-state index >= 15 is 0 Å². The van der Waals surface area contributed by atoms with Crippen molar-refractivity contribution < 1.29 is 9.90 Å². The Morgan fingerprint density at radius 2 is 1.64 bits per heavy atom. The van der Waals surface area contributed by atoms with Crippen molar-refractivity contribution in [2.45, 2.75) is 13.8 Å². The summed E-state index contributed by atoms with van der Waals surface area (Å²) in [4.78, 5) is 10.2. The standard InChI is InChI=1S/C7H6O2.C2H6.CH6N2/c8-7(9)6-4-2-1-3-5-6;1-2;1-3-2/h1-5H,(H,8,9);1-2H3;3H,2H2,1H3. The minimum Gasteiger partial charge on any atom is -0.478 e. The fraction of sp³-hybridized carbons (Fsp3) is 0.300. The summed E-state index contributed by atoms with van der Waals surface area (Å²) in [5.41, 5.74) is 2.58. The van der Waals surface area contributed by atoms with Crippen LogP contribution in [-0.4, -0.2) is 18.1 Å². The molecule has 1 rings (SSSR count). The lowest BCUT2D eigenvalue weighted by molar-refractivity contribution is 0.0697. The highest BCUT2D eigenvalue weighted by Crippen LogP contribution is 1.96. The third-order valence-corrected chi connectivity index (χ3v) is 1.02. The summed E-state index contributed by atoms with van der Waals surface area (Å²) in [6.07, 6.45) is 0. The van der Waals surface area contributed by atoms with Gasteiger partial charge in [0.25, 0.3) is 0 Å². The number of hydrogen-bond donors (Lipinski definition) is 3. The molecule has 4 heteroatoms. The van der Waals surface area contributed by atoms with E-state index in [4.69, 9.17) is 5.11 Å². The van der Waals surface area contributed by atoms with E-state index in [0.717, 1.165) is 0 Å². The van der Waals surface area contributed by atoms with Gasteiger partial charge < -0.3 is 5.11 Å². The van der Waals surface area contributed by atoms with Crippen molar-refractivity contribution in [3.63, 3.8) is 0 Å². The number of carboxylic acid groups (broad SMARTS) is 1. The maximum absolute atomic E-state index is 10.2. The van der Waals surface area contributed by atoms with E-state index in [0.29, 0.717) is 5.56 Å². The zero-order valence-corrected chi connectivity index (χ0v) is 8.82. The summed E-state index contributed by atoms with van der Waals surface area (Å²) in [7, 11) is 1.65. The number of nitrogens with one attached hydrogen (secondary N) is 1. The highest BCUT2D eigenvalue weighted by Gasteiger charge is 1.96. The quantitative estimate of drug-likeness (QED) is 0.472. The highest BCUT2D eigenvalue weighted by atomic mass is 16.4. The Bertz CT molecular complexity index is 225. The van der Waals surface area contributed by atoms with Gasteiger partial charge in [0.05, 0.1) is 5.56 Å². The molecule has 0 spiro atoms. The zero-order chi connectivity index (χ0) is 11.4. The molecule has 0 radical (unpaired) electrons. The van der Waals surface area contributed by atoms with Gasteiger partial charge in [-0.05, 0) is 19.2 Å². The SMILES string of the molecule is CC.CNN.O=C(O)c1ccccc1. The maximum atomic E-state index is 10.2. The Kier molecular flexibility index (Phi) is 12.5. The molecule has 0 aromatic heterocycles. The first kappa shape index (κ1) is 15.1. The van der Waals surface area contributed by atoms with Gasteiger partial charge in [0.15, 0.2) is 0 Å². The van der Waals surface area contributed by atoms with Gasteiger partial charge in [-0.2, -0.15) is 0 Å². The van der Waals surface area contributed by atoms with Crippen molar-refractivity contribution in [1.29, 1.82) is 0 Å². The van der Waals surface area contributed by atoms with Crippen LogP contribution in [0, 0.1) is 0 Å². The van der Waals surface area contributed by atoms with E-state index < -0.39 is 5.97 Å². The molecule has 0 fully saturated rings. The molecular weight excluding hydrogens is 180 g/mol. The van der Waals surface area contributed by atoms with Crippen LogP contribution in [0.3, 0.4) is 0 Å². The van der Waals surface area contributed by atoms with Crippen LogP contribution in [0.1, 0.15) is 24.2 Å². The molecule has 80 valence electrons. The number of hydrazine groups is 1. The van der Waals surface area contributed by atoms with Crippen LogP contribution < -0.4 is 11.3 Å². The number of carbonyl (C=O) groups is 1. The van der Waals surface area contributed by atoms with Gasteiger partial charge in [0.2, 0.25) is 0 Å². The van der Waals surface area contributed by atoms with Gasteiger partial charge in [-0.3, -0.25) is 11.3 Å². The number of nitrogens with two attached hydrogens (primary N) is 1. The molecule has 0 saturated heterocycles. The molecule has 0 aliphatic heterocycles. The average Bonchev–Trinajstić information content (AvgIpc) is 2.23. The number of hydrogen-bond acceptors (Lipinski definition) is 3. The Morgan fingerprint density at radius 1 is 1.29 bits per heavy atom. The second-order valence-electron chi connectivity index (χ2n) is 1.96. The highest BCUT2D eigenvalue weighted by molar-refractivity contribution is 5.87. The van der Waals surface area contributed by atoms with Crippen molar-refractivity contribution in [3.05, 3.63) is 35.9 Å². The van der Waals surface area contributed by atoms with Crippen LogP contribution in [0.2, 0.25) is 0 Å². The molecule has 4 nitrogen and oxygen atoms in total. The van der Waals surface area contributed by atoms with E-state index in [9.17, 15) is 4.79 Å². The molecule has 1 aromatic rings. The molecule has 4 N–H and O–H groups in total. The Hall–Kier alpha value is -1.39. The summed E-state index contributed by atoms with van der Waals surface area (Å²) in [6, 6.07) is 8.30. The minimum absolute atomic E-state index is 0.331. The summed E-state index contributed by atoms with van der Waals surface area (Å²) >= 11 is 0. The van der Waals surface area contributed by atoms with Crippen molar-refractivity contribution in [2.75, 3.05) is 7.05 Å². The predicted molar refractivity (Wildman–Crippen MR) is 58.0 cm³/mol. The monoisotopic (exact) mass is 198 g/mol. The molecule has 0 saturated carbocycles. The maximum Gasteiger partial charge on any atom is 0.335 e. The van der Waals surface area contributed by atoms with E-state index in [1.54, 1.807) is 37.4 Å². The van der Waals surface area contributed by atoms with Gasteiger partial charge in [0, 0.05) is 0 Å². The van der Waals surface area contributed by atoms with Crippen LogP contribution in [0.25, 0.3) is 0 Å². The Morgan fingerprint density at radius 3 is 1.86 bits per heavy atom. The largest absolute Gasteiger partial charge is 0.478 e. The van der Waals surface area contributed by atoms with Crippen molar-refractivity contribution in [2.24, 2.45) is 5.84 Å². The van der Waals surface area contributed by atoms with Gasteiger partial charge in [0.1, 0.15) is 0 Å². The second kappa shape index (κ2) is 11.6. The van der Waals surface area contributed by atoms with Crippen LogP contribution in [0.15, 0.2) is 30.3 Å². The van der Waals surface area contributed by atoms with Crippen LogP contribution in [-0.2, 0) is 0 Å². The molecule has 0 amide bonds. The lowest BCUT2D eigenvalue weighted by Crippen LogP contribution is -2.13. The van der Waals surface area contributed by atoms with Crippen LogP contribution in [0.4, 0.5) is 0 Å². The summed E-state index contributed by atoms with van der Waals surface area (Å²) < 4.78 is 0. The fourth-order valence-corrected chi connectivity index (χ4v) is 0.581. The second-order valence-corrected chi connectivity index (χ2v) is 1.96. The van der Waals surface area contributed by atoms with E-state index in [1.165, 1.54) is 0 Å². The van der Waals surface area contributed by atoms with Gasteiger partial charge in [-0.1, -0.05) is 32.0 Å². The van der Waals surface area contributed by atoms with Gasteiger partial charge in [-0.25, -0.2) is 4.79 Å². The summed E-state index contributed by atoms with van der Waals surface area (Å²) in [6.45, 7) is 4.00. The zero-order valence-electron chi connectivity index (χ0n) is 8.82. The topological polar surface area (TPSA) is 75.3 Å². The molecule has 0 atom stereocenters. The third-order valence-electron chi connectivity index (χ3n) is 1.02. The summed E-state index contributed by atoms with van der Waals surface area (Å²) in [5.74, 6) is 3.72. The predicted octanol–water partition coefficient (Wildman–Crippen LogP) is 1.49. The van der Waals surface area contributed by atoms with Gasteiger partial charge in [-0.15, -0.1) is 0 Å². The van der Waals surface area contributed by atoms with E-state index in [-0.39, 0.29) is 0 Å². The Balaban J connectivity index is 0. The number of carboxylic acids is 1. The van der Waals surface area contributed by atoms with Gasteiger partial charge >= 0.3 is 5.97 Å². The lowest BCUT2D eigenvalue weighted by Gasteiger charge is -1.88. The molecule has 0 unspecified atom stereocenters. The molecule has 14 heavy (non-hydrogen) atoms. The van der Waals surface area contributed by atoms with E-state index in [2.05, 4.69) is 11.3 Å². The van der Waals surface area contributed by atoms with Crippen molar-refractivity contribution in [1.82, 2.24) is 5.43 Å². The molecule has 1 aromatic carbocycles. The minimum atomic E-state index is -0.879. The molecule has 0 bridgehead atoms. The number of benzene rings is 1. The third kappa shape index (κ3) is 8.70. The fourth-order valence-electron chi connectivity index (χ4n) is 0.581. The van der Waals surface area contributed by atoms with Crippen molar-refractivity contribution in [3.8, 4) is 0 Å². The van der Waals surface area contributed by atoms with Crippen LogP contribution in [0.5, 0.6) is 0 Å². The number of aromatic carboxylic acids is 1. The Labute approximate surface area is 84.7 Å². The number of rotatable bonds is 1. The first-order valence-electron chi connectivity index (χ1n) is 4.38. The van der Waals surface area contributed by atoms with E-state index in [1.807, 2.05) is 13.8 Å².